The van der Waals surface area contributed by atoms with Crippen LogP contribution >= 0.6 is 12.4 Å². The van der Waals surface area contributed by atoms with Crippen molar-refractivity contribution in [3.05, 3.63) is 29.3 Å². The van der Waals surface area contributed by atoms with E-state index in [4.69, 9.17) is 0 Å². The number of benzene rings is 1. The minimum atomic E-state index is -2.87. The lowest BCUT2D eigenvalue weighted by atomic mass is 10.1. The number of hydrogen-bond donors (Lipinski definition) is 2. The van der Waals surface area contributed by atoms with Gasteiger partial charge in [0.25, 0.3) is 0 Å². The molecule has 1 fully saturated rings. The van der Waals surface area contributed by atoms with Gasteiger partial charge in [-0.25, -0.2) is 0 Å². The lowest BCUT2D eigenvalue weighted by molar-refractivity contribution is -0.124. The Kier molecular flexibility index (Phi) is 6.84. The highest BCUT2D eigenvalue weighted by Crippen LogP contribution is 2.22. The largest absolute Gasteiger partial charge is 0.434 e. The summed E-state index contributed by atoms with van der Waals surface area (Å²) in [5.41, 5.74) is 1.49. The van der Waals surface area contributed by atoms with Crippen LogP contribution in [0, 0.1) is 12.8 Å². The molecule has 2 rings (SSSR count). The van der Waals surface area contributed by atoms with Crippen LogP contribution in [0.1, 0.15) is 17.5 Å². The average molecular weight is 321 g/mol. The van der Waals surface area contributed by atoms with Gasteiger partial charge in [-0.05, 0) is 26.0 Å². The number of carbonyl (C=O) groups is 1. The molecule has 4 nitrogen and oxygen atoms in total. The number of ether oxygens (including phenoxy) is 1. The van der Waals surface area contributed by atoms with Gasteiger partial charge >= 0.3 is 6.61 Å². The predicted molar refractivity (Wildman–Crippen MR) is 77.9 cm³/mol. The van der Waals surface area contributed by atoms with Gasteiger partial charge < -0.3 is 15.4 Å². The zero-order chi connectivity index (χ0) is 14.5. The van der Waals surface area contributed by atoms with Crippen LogP contribution in [0.25, 0.3) is 0 Å². The molecule has 1 saturated heterocycles. The fourth-order valence-corrected chi connectivity index (χ4v) is 2.26. The van der Waals surface area contributed by atoms with Crippen LogP contribution in [0.5, 0.6) is 5.75 Å². The first-order valence-electron chi connectivity index (χ1n) is 6.59. The molecule has 1 aliphatic heterocycles. The fraction of sp³-hybridized carbons (Fsp3) is 0.500. The smallest absolute Gasteiger partial charge is 0.387 e. The van der Waals surface area contributed by atoms with Crippen LogP contribution in [0.4, 0.5) is 8.78 Å². The van der Waals surface area contributed by atoms with E-state index in [9.17, 15) is 13.6 Å². The SMILES string of the molecule is Cc1ccc(OC(F)F)c(CNC(=O)C2CCNC2)c1.Cl. The molecule has 2 N–H and O–H groups in total. The van der Waals surface area contributed by atoms with Crippen LogP contribution in [-0.2, 0) is 11.3 Å². The van der Waals surface area contributed by atoms with Crippen molar-refractivity contribution in [1.82, 2.24) is 10.6 Å². The zero-order valence-electron chi connectivity index (χ0n) is 11.7. The molecule has 7 heteroatoms. The van der Waals surface area contributed by atoms with Crippen LogP contribution in [0.15, 0.2) is 18.2 Å². The molecule has 1 aliphatic rings. The first-order valence-corrected chi connectivity index (χ1v) is 6.59. The van der Waals surface area contributed by atoms with E-state index in [1.54, 1.807) is 12.1 Å². The van der Waals surface area contributed by atoms with Gasteiger partial charge in [0.15, 0.2) is 0 Å². The Hall–Kier alpha value is -1.40. The first kappa shape index (κ1) is 17.7. The molecule has 1 heterocycles. The monoisotopic (exact) mass is 320 g/mol. The third kappa shape index (κ3) is 5.13. The van der Waals surface area contributed by atoms with E-state index in [2.05, 4.69) is 15.4 Å². The lowest BCUT2D eigenvalue weighted by Crippen LogP contribution is -2.31. The van der Waals surface area contributed by atoms with E-state index < -0.39 is 6.61 Å². The predicted octanol–water partition coefficient (Wildman–Crippen LogP) is 2.24. The van der Waals surface area contributed by atoms with Gasteiger partial charge in [-0.15, -0.1) is 12.4 Å². The summed E-state index contributed by atoms with van der Waals surface area (Å²) < 4.78 is 29.1. The van der Waals surface area contributed by atoms with Crippen molar-refractivity contribution in [3.63, 3.8) is 0 Å². The maximum absolute atomic E-state index is 12.3. The normalized spacial score (nSPS) is 17.4. The summed E-state index contributed by atoms with van der Waals surface area (Å²) in [6.07, 6.45) is 0.806. The fourth-order valence-electron chi connectivity index (χ4n) is 2.26. The molecule has 0 aromatic heterocycles. The molecule has 0 spiro atoms. The van der Waals surface area contributed by atoms with Crippen molar-refractivity contribution in [2.45, 2.75) is 26.5 Å². The molecule has 0 saturated carbocycles. The summed E-state index contributed by atoms with van der Waals surface area (Å²) in [6.45, 7) is 0.686. The standard InChI is InChI=1S/C14H18F2N2O2.ClH/c1-9-2-3-12(20-14(15)16)11(6-9)8-18-13(19)10-4-5-17-7-10;/h2-3,6,10,14,17H,4-5,7-8H2,1H3,(H,18,19);1H. The third-order valence-corrected chi connectivity index (χ3v) is 3.32. The second kappa shape index (κ2) is 8.14. The summed E-state index contributed by atoms with van der Waals surface area (Å²) in [7, 11) is 0. The lowest BCUT2D eigenvalue weighted by Gasteiger charge is -2.14. The number of halogens is 3. The Morgan fingerprint density at radius 2 is 2.29 bits per heavy atom. The van der Waals surface area contributed by atoms with E-state index >= 15 is 0 Å². The van der Waals surface area contributed by atoms with Crippen molar-refractivity contribution in [1.29, 1.82) is 0 Å². The van der Waals surface area contributed by atoms with Gasteiger partial charge in [0.05, 0.1) is 5.92 Å². The van der Waals surface area contributed by atoms with E-state index in [0.29, 0.717) is 12.1 Å². The van der Waals surface area contributed by atoms with Crippen molar-refractivity contribution >= 4 is 18.3 Å². The first-order chi connectivity index (χ1) is 9.56. The summed E-state index contributed by atoms with van der Waals surface area (Å²) in [4.78, 5) is 11.9. The highest BCUT2D eigenvalue weighted by molar-refractivity contribution is 5.85. The van der Waals surface area contributed by atoms with Gasteiger partial charge in [0.2, 0.25) is 5.91 Å². The molecule has 1 amide bonds. The van der Waals surface area contributed by atoms with E-state index in [1.807, 2.05) is 6.92 Å². The number of alkyl halides is 2. The van der Waals surface area contributed by atoms with Crippen molar-refractivity contribution in [2.75, 3.05) is 13.1 Å². The molecule has 118 valence electrons. The van der Waals surface area contributed by atoms with E-state index in [-0.39, 0.29) is 36.5 Å². The topological polar surface area (TPSA) is 50.4 Å². The van der Waals surface area contributed by atoms with Gasteiger partial charge in [-0.1, -0.05) is 17.7 Å². The summed E-state index contributed by atoms with van der Waals surface area (Å²) in [5.74, 6) is 0.00854. The summed E-state index contributed by atoms with van der Waals surface area (Å²) in [6, 6.07) is 4.94. The number of aryl methyl sites for hydroxylation is 1. The van der Waals surface area contributed by atoms with E-state index in [1.165, 1.54) is 6.07 Å². The van der Waals surface area contributed by atoms with Gasteiger partial charge in [-0.2, -0.15) is 8.78 Å². The second-order valence-corrected chi connectivity index (χ2v) is 4.90. The minimum Gasteiger partial charge on any atom is -0.434 e. The van der Waals surface area contributed by atoms with Gasteiger partial charge in [0.1, 0.15) is 5.75 Å². The maximum Gasteiger partial charge on any atom is 0.387 e. The molecule has 0 aliphatic carbocycles. The molecular formula is C14H19ClF2N2O2. The van der Waals surface area contributed by atoms with Crippen molar-refractivity contribution < 1.29 is 18.3 Å². The molecule has 21 heavy (non-hydrogen) atoms. The molecule has 1 atom stereocenters. The van der Waals surface area contributed by atoms with Crippen LogP contribution < -0.4 is 15.4 Å². The molecule has 1 unspecified atom stereocenters. The molecule has 0 radical (unpaired) electrons. The average Bonchev–Trinajstić information content (AvgIpc) is 2.92. The van der Waals surface area contributed by atoms with Crippen LogP contribution in [0.3, 0.4) is 0 Å². The Morgan fingerprint density at radius 3 is 2.90 bits per heavy atom. The number of hydrogen-bond acceptors (Lipinski definition) is 3. The molecule has 0 bridgehead atoms. The number of carbonyl (C=O) groups excluding carboxylic acids is 1. The minimum absolute atomic E-state index is 0. The molecule has 1 aromatic carbocycles. The van der Waals surface area contributed by atoms with Gasteiger partial charge in [0, 0.05) is 18.7 Å². The second-order valence-electron chi connectivity index (χ2n) is 4.90. The van der Waals surface area contributed by atoms with Crippen molar-refractivity contribution in [2.24, 2.45) is 5.92 Å². The number of nitrogens with one attached hydrogen (secondary N) is 2. The molecular weight excluding hydrogens is 302 g/mol. The summed E-state index contributed by atoms with van der Waals surface area (Å²) in [5, 5.41) is 5.89. The van der Waals surface area contributed by atoms with Crippen LogP contribution in [0.2, 0.25) is 0 Å². The Balaban J connectivity index is 0.00000220. The number of amides is 1. The Bertz CT molecular complexity index is 480. The van der Waals surface area contributed by atoms with Crippen LogP contribution in [-0.4, -0.2) is 25.6 Å². The quantitative estimate of drug-likeness (QED) is 0.875. The molecule has 1 aromatic rings. The Labute approximate surface area is 128 Å². The van der Waals surface area contributed by atoms with Gasteiger partial charge in [-0.3, -0.25) is 4.79 Å². The Morgan fingerprint density at radius 1 is 1.52 bits per heavy atom. The maximum atomic E-state index is 12.3. The number of rotatable bonds is 5. The highest BCUT2D eigenvalue weighted by atomic mass is 35.5. The summed E-state index contributed by atoms with van der Waals surface area (Å²) >= 11 is 0. The van der Waals surface area contributed by atoms with E-state index in [0.717, 1.165) is 18.5 Å². The van der Waals surface area contributed by atoms with Crippen molar-refractivity contribution in [3.8, 4) is 5.75 Å². The third-order valence-electron chi connectivity index (χ3n) is 3.32. The highest BCUT2D eigenvalue weighted by Gasteiger charge is 2.22. The zero-order valence-corrected chi connectivity index (χ0v) is 12.5.